The molecule has 1 aromatic heterocycles. The average Bonchev–Trinajstić information content (AvgIpc) is 2.82. The third-order valence-corrected chi connectivity index (χ3v) is 5.02. The lowest BCUT2D eigenvalue weighted by Gasteiger charge is -2.04. The lowest BCUT2D eigenvalue weighted by Crippen LogP contribution is -2.27. The van der Waals surface area contributed by atoms with Crippen molar-refractivity contribution in [1.29, 1.82) is 0 Å². The smallest absolute Gasteiger partial charge is 0.335 e. The number of sulfone groups is 1. The minimum atomic E-state index is -3.46. The monoisotopic (exact) mass is 339 g/mol. The molecule has 0 amide bonds. The number of unbranched alkanes of at least 4 members (excludes halogenated alkanes) is 2. The van der Waals surface area contributed by atoms with Gasteiger partial charge in [-0.3, -0.25) is 0 Å². The van der Waals surface area contributed by atoms with E-state index in [0.717, 1.165) is 19.1 Å². The molecule has 21 heavy (non-hydrogen) atoms. The van der Waals surface area contributed by atoms with Crippen molar-refractivity contribution in [2.24, 2.45) is 0 Å². The van der Waals surface area contributed by atoms with Gasteiger partial charge in [-0.25, -0.2) is 21.6 Å². The van der Waals surface area contributed by atoms with Crippen LogP contribution >= 0.6 is 0 Å². The lowest BCUT2D eigenvalue weighted by atomic mass is 10.2. The van der Waals surface area contributed by atoms with E-state index in [9.17, 15) is 16.8 Å². The number of nitrogens with zero attached hydrogens (tertiary/aromatic N) is 2. The molecular weight excluding hydrogens is 318 g/mol. The Morgan fingerprint density at radius 3 is 2.38 bits per heavy atom. The number of sulfonamides is 1. The average molecular weight is 339 g/mol. The van der Waals surface area contributed by atoms with Crippen LogP contribution in [0.15, 0.2) is 9.64 Å². The SMILES string of the molecule is CCCS(=O)(=O)NCCCCCc1nnc(S(C)(=O)=O)o1. The summed E-state index contributed by atoms with van der Waals surface area (Å²) < 4.78 is 52.6. The van der Waals surface area contributed by atoms with Crippen molar-refractivity contribution >= 4 is 19.9 Å². The minimum Gasteiger partial charge on any atom is -0.413 e. The predicted octanol–water partition coefficient (Wildman–Crippen LogP) is 0.515. The minimum absolute atomic E-state index is 0.142. The molecule has 8 nitrogen and oxygen atoms in total. The van der Waals surface area contributed by atoms with Gasteiger partial charge in [-0.05, 0) is 19.3 Å². The van der Waals surface area contributed by atoms with Crippen LogP contribution in [0, 0.1) is 0 Å². The normalized spacial score (nSPS) is 12.7. The van der Waals surface area contributed by atoms with Gasteiger partial charge in [0.25, 0.3) is 0 Å². The molecule has 1 heterocycles. The largest absolute Gasteiger partial charge is 0.413 e. The number of nitrogens with one attached hydrogen (secondary N) is 1. The van der Waals surface area contributed by atoms with E-state index in [4.69, 9.17) is 4.42 Å². The summed E-state index contributed by atoms with van der Waals surface area (Å²) >= 11 is 0. The molecule has 1 rings (SSSR count). The lowest BCUT2D eigenvalue weighted by molar-refractivity contribution is 0.392. The summed E-state index contributed by atoms with van der Waals surface area (Å²) in [6.07, 6.45) is 4.29. The van der Waals surface area contributed by atoms with Gasteiger partial charge in [0.15, 0.2) is 0 Å². The Labute approximate surface area is 125 Å². The standard InChI is InChI=1S/C11H21N3O5S2/c1-3-9-21(17,18)12-8-6-4-5-7-10-13-14-11(19-10)20(2,15)16/h12H,3-9H2,1-2H3. The molecule has 0 aliphatic rings. The summed E-state index contributed by atoms with van der Waals surface area (Å²) in [7, 11) is -6.60. The van der Waals surface area contributed by atoms with Gasteiger partial charge in [-0.15, -0.1) is 5.10 Å². The predicted molar refractivity (Wildman–Crippen MR) is 77.0 cm³/mol. The molecule has 1 N–H and O–H groups in total. The van der Waals surface area contributed by atoms with Crippen LogP contribution in [0.4, 0.5) is 0 Å². The number of aryl methyl sites for hydroxylation is 1. The second-order valence-electron chi connectivity index (χ2n) is 4.76. The van der Waals surface area contributed by atoms with Gasteiger partial charge in [0.1, 0.15) is 0 Å². The summed E-state index contributed by atoms with van der Waals surface area (Å²) in [5.41, 5.74) is 0. The maximum atomic E-state index is 11.4. The Bertz CT molecular complexity index is 637. The first kappa shape index (κ1) is 18.1. The Hall–Kier alpha value is -1.00. The highest BCUT2D eigenvalue weighted by Crippen LogP contribution is 2.09. The number of hydrogen-bond acceptors (Lipinski definition) is 7. The van der Waals surface area contributed by atoms with Gasteiger partial charge in [-0.1, -0.05) is 18.4 Å². The molecule has 0 unspecified atom stereocenters. The first-order valence-electron chi connectivity index (χ1n) is 6.74. The highest BCUT2D eigenvalue weighted by atomic mass is 32.2. The number of hydrogen-bond donors (Lipinski definition) is 1. The summed E-state index contributed by atoms with van der Waals surface area (Å²) in [6.45, 7) is 2.22. The van der Waals surface area contributed by atoms with Crippen molar-refractivity contribution in [1.82, 2.24) is 14.9 Å². The van der Waals surface area contributed by atoms with E-state index >= 15 is 0 Å². The molecule has 122 valence electrons. The third-order valence-electron chi connectivity index (χ3n) is 2.63. The first-order chi connectivity index (χ1) is 9.74. The summed E-state index contributed by atoms with van der Waals surface area (Å²) in [5, 5.41) is 6.75. The van der Waals surface area contributed by atoms with Crippen LogP contribution < -0.4 is 4.72 Å². The molecule has 1 aromatic rings. The van der Waals surface area contributed by atoms with Gasteiger partial charge in [0.2, 0.25) is 25.8 Å². The fourth-order valence-electron chi connectivity index (χ4n) is 1.64. The molecule has 0 saturated carbocycles. The van der Waals surface area contributed by atoms with Crippen LogP contribution in [-0.2, 0) is 26.3 Å². The summed E-state index contributed by atoms with van der Waals surface area (Å²) in [6, 6.07) is 0. The second kappa shape index (κ2) is 7.85. The fraction of sp³-hybridized carbons (Fsp3) is 0.818. The maximum absolute atomic E-state index is 11.4. The van der Waals surface area contributed by atoms with E-state index in [1.165, 1.54) is 0 Å². The highest BCUT2D eigenvalue weighted by molar-refractivity contribution is 7.90. The molecule has 0 fully saturated rings. The Kier molecular flexibility index (Phi) is 6.75. The molecule has 0 radical (unpaired) electrons. The zero-order valence-electron chi connectivity index (χ0n) is 12.2. The Morgan fingerprint density at radius 2 is 1.81 bits per heavy atom. The zero-order chi connectivity index (χ0) is 15.9. The van der Waals surface area contributed by atoms with Crippen molar-refractivity contribution in [3.05, 3.63) is 5.89 Å². The second-order valence-corrected chi connectivity index (χ2v) is 8.58. The molecule has 0 aromatic carbocycles. The van der Waals surface area contributed by atoms with Gasteiger partial charge in [0.05, 0.1) is 5.75 Å². The van der Waals surface area contributed by atoms with E-state index in [-0.39, 0.29) is 16.9 Å². The van der Waals surface area contributed by atoms with Gasteiger partial charge in [-0.2, -0.15) is 0 Å². The molecule has 0 aliphatic carbocycles. The van der Waals surface area contributed by atoms with E-state index in [0.29, 0.717) is 25.8 Å². The Morgan fingerprint density at radius 1 is 1.10 bits per heavy atom. The van der Waals surface area contributed by atoms with E-state index in [2.05, 4.69) is 14.9 Å². The molecular formula is C11H21N3O5S2. The van der Waals surface area contributed by atoms with Crippen LogP contribution in [0.25, 0.3) is 0 Å². The highest BCUT2D eigenvalue weighted by Gasteiger charge is 2.16. The maximum Gasteiger partial charge on any atom is 0.335 e. The number of aromatic nitrogens is 2. The van der Waals surface area contributed by atoms with Crippen molar-refractivity contribution in [2.45, 2.75) is 44.3 Å². The quantitative estimate of drug-likeness (QED) is 0.617. The molecule has 0 atom stereocenters. The molecule has 0 saturated heterocycles. The van der Waals surface area contributed by atoms with Crippen molar-refractivity contribution < 1.29 is 21.3 Å². The van der Waals surface area contributed by atoms with Crippen LogP contribution in [0.1, 0.15) is 38.5 Å². The zero-order valence-corrected chi connectivity index (χ0v) is 13.8. The molecule has 10 heteroatoms. The molecule has 0 bridgehead atoms. The van der Waals surface area contributed by atoms with E-state index < -0.39 is 19.9 Å². The van der Waals surface area contributed by atoms with E-state index in [1.54, 1.807) is 0 Å². The van der Waals surface area contributed by atoms with Crippen molar-refractivity contribution in [2.75, 3.05) is 18.6 Å². The molecule has 0 spiro atoms. The third kappa shape index (κ3) is 7.00. The summed E-state index contributed by atoms with van der Waals surface area (Å²) in [5.74, 6) is 0.422. The Balaban J connectivity index is 2.22. The topological polar surface area (TPSA) is 119 Å². The van der Waals surface area contributed by atoms with Crippen LogP contribution in [-0.4, -0.2) is 45.6 Å². The van der Waals surface area contributed by atoms with E-state index in [1.807, 2.05) is 6.92 Å². The summed E-state index contributed by atoms with van der Waals surface area (Å²) in [4.78, 5) is 0. The van der Waals surface area contributed by atoms with Crippen LogP contribution in [0.2, 0.25) is 0 Å². The van der Waals surface area contributed by atoms with Gasteiger partial charge < -0.3 is 4.42 Å². The number of rotatable bonds is 10. The first-order valence-corrected chi connectivity index (χ1v) is 10.3. The van der Waals surface area contributed by atoms with Gasteiger partial charge in [0, 0.05) is 19.2 Å². The molecule has 0 aliphatic heterocycles. The van der Waals surface area contributed by atoms with Crippen molar-refractivity contribution in [3.8, 4) is 0 Å². The van der Waals surface area contributed by atoms with Crippen LogP contribution in [0.3, 0.4) is 0 Å². The van der Waals surface area contributed by atoms with Crippen LogP contribution in [0.5, 0.6) is 0 Å². The van der Waals surface area contributed by atoms with Gasteiger partial charge >= 0.3 is 5.22 Å². The fourth-order valence-corrected chi connectivity index (χ4v) is 3.21. The van der Waals surface area contributed by atoms with Crippen molar-refractivity contribution in [3.63, 3.8) is 0 Å².